The molecule has 0 N–H and O–H groups in total. The smallest absolute Gasteiger partial charge is 0.294 e. The molecule has 0 amide bonds. The summed E-state index contributed by atoms with van der Waals surface area (Å²) in [4.78, 5) is 11.6. The number of thioether (sulfide) groups is 1. The highest BCUT2D eigenvalue weighted by Crippen LogP contribution is 2.32. The second-order valence-corrected chi connectivity index (χ2v) is 4.75. The van der Waals surface area contributed by atoms with E-state index in [9.17, 15) is 18.0 Å². The van der Waals surface area contributed by atoms with Gasteiger partial charge in [0.1, 0.15) is 0 Å². The van der Waals surface area contributed by atoms with Crippen LogP contribution in [0.15, 0.2) is 18.2 Å². The maximum Gasteiger partial charge on any atom is 0.416 e. The second-order valence-electron chi connectivity index (χ2n) is 3.36. The fourth-order valence-corrected chi connectivity index (χ4v) is 1.86. The fourth-order valence-electron chi connectivity index (χ4n) is 1.24. The van der Waals surface area contributed by atoms with E-state index in [2.05, 4.69) is 0 Å². The van der Waals surface area contributed by atoms with E-state index in [1.54, 1.807) is 0 Å². The van der Waals surface area contributed by atoms with Crippen LogP contribution in [-0.2, 0) is 6.18 Å². The van der Waals surface area contributed by atoms with Crippen molar-refractivity contribution in [2.24, 2.45) is 0 Å². The summed E-state index contributed by atoms with van der Waals surface area (Å²) in [7, 11) is 0. The monoisotopic (exact) mass is 282 g/mol. The SMILES string of the molecule is CSCCC(=O)c1cc(C(F)(F)F)ccc1Cl. The Kier molecular flexibility index (Phi) is 4.89. The van der Waals surface area contributed by atoms with Crippen LogP contribution in [0.2, 0.25) is 5.02 Å². The van der Waals surface area contributed by atoms with Crippen molar-refractivity contribution < 1.29 is 18.0 Å². The van der Waals surface area contributed by atoms with Crippen LogP contribution in [-0.4, -0.2) is 17.8 Å². The van der Waals surface area contributed by atoms with E-state index in [1.165, 1.54) is 11.8 Å². The molecule has 0 atom stereocenters. The summed E-state index contributed by atoms with van der Waals surface area (Å²) < 4.78 is 37.4. The van der Waals surface area contributed by atoms with Crippen LogP contribution in [0.1, 0.15) is 22.3 Å². The molecule has 1 rings (SSSR count). The summed E-state index contributed by atoms with van der Waals surface area (Å²) in [6, 6.07) is 2.79. The molecule has 1 aromatic carbocycles. The minimum absolute atomic E-state index is 0.0594. The fraction of sp³-hybridized carbons (Fsp3) is 0.364. The number of hydrogen-bond acceptors (Lipinski definition) is 2. The number of carbonyl (C=O) groups is 1. The van der Waals surface area contributed by atoms with Gasteiger partial charge in [-0.15, -0.1) is 0 Å². The number of alkyl halides is 3. The quantitative estimate of drug-likeness (QED) is 0.766. The minimum Gasteiger partial charge on any atom is -0.294 e. The van der Waals surface area contributed by atoms with E-state index in [1.807, 2.05) is 6.26 Å². The molecule has 0 aliphatic rings. The molecule has 0 unspecified atom stereocenters. The van der Waals surface area contributed by atoms with Gasteiger partial charge in [-0.2, -0.15) is 24.9 Å². The van der Waals surface area contributed by atoms with Gasteiger partial charge in [-0.1, -0.05) is 11.6 Å². The molecule has 6 heteroatoms. The van der Waals surface area contributed by atoms with Crippen LogP contribution in [0, 0.1) is 0 Å². The number of Topliss-reactive ketones (excluding diaryl/α,β-unsaturated/α-hetero) is 1. The summed E-state index contributed by atoms with van der Waals surface area (Å²) in [5.41, 5.74) is -0.912. The molecule has 0 saturated carbocycles. The molecule has 0 radical (unpaired) electrons. The van der Waals surface area contributed by atoms with Gasteiger partial charge in [0.25, 0.3) is 0 Å². The molecular formula is C11H10ClF3OS. The molecule has 1 aromatic rings. The molecule has 0 heterocycles. The van der Waals surface area contributed by atoms with Crippen LogP contribution in [0.4, 0.5) is 13.2 Å². The first-order chi connectivity index (χ1) is 7.86. The molecule has 0 bridgehead atoms. The van der Waals surface area contributed by atoms with Crippen LogP contribution >= 0.6 is 23.4 Å². The van der Waals surface area contributed by atoms with Gasteiger partial charge in [0.15, 0.2) is 5.78 Å². The maximum absolute atomic E-state index is 12.5. The number of halogens is 4. The molecule has 1 nitrogen and oxygen atoms in total. The second kappa shape index (κ2) is 5.78. The Balaban J connectivity index is 3.02. The van der Waals surface area contributed by atoms with Crippen molar-refractivity contribution >= 4 is 29.1 Å². The molecule has 94 valence electrons. The van der Waals surface area contributed by atoms with Crippen LogP contribution in [0.25, 0.3) is 0 Å². The van der Waals surface area contributed by atoms with E-state index < -0.39 is 11.7 Å². The highest BCUT2D eigenvalue weighted by atomic mass is 35.5. The third kappa shape index (κ3) is 3.92. The lowest BCUT2D eigenvalue weighted by Gasteiger charge is -2.09. The van der Waals surface area contributed by atoms with Crippen molar-refractivity contribution in [1.82, 2.24) is 0 Å². The molecular weight excluding hydrogens is 273 g/mol. The summed E-state index contributed by atoms with van der Waals surface area (Å²) in [6.07, 6.45) is -2.46. The van der Waals surface area contributed by atoms with Gasteiger partial charge < -0.3 is 0 Å². The zero-order chi connectivity index (χ0) is 13.1. The number of ketones is 1. The Morgan fingerprint density at radius 3 is 2.59 bits per heavy atom. The van der Waals surface area contributed by atoms with Crippen molar-refractivity contribution in [2.45, 2.75) is 12.6 Å². The van der Waals surface area contributed by atoms with Gasteiger partial charge in [0.2, 0.25) is 0 Å². The summed E-state index contributed by atoms with van der Waals surface area (Å²) in [5, 5.41) is 0.0594. The van der Waals surface area contributed by atoms with Crippen molar-refractivity contribution in [3.63, 3.8) is 0 Å². The van der Waals surface area contributed by atoms with Gasteiger partial charge in [0.05, 0.1) is 10.6 Å². The Bertz CT molecular complexity index is 418. The van der Waals surface area contributed by atoms with E-state index >= 15 is 0 Å². The summed E-state index contributed by atoms with van der Waals surface area (Å²) in [6.45, 7) is 0. The van der Waals surface area contributed by atoms with Crippen molar-refractivity contribution in [2.75, 3.05) is 12.0 Å². The molecule has 0 saturated heterocycles. The van der Waals surface area contributed by atoms with E-state index in [-0.39, 0.29) is 22.8 Å². The van der Waals surface area contributed by atoms with Gasteiger partial charge in [0, 0.05) is 17.7 Å². The molecule has 0 fully saturated rings. The third-order valence-electron chi connectivity index (χ3n) is 2.13. The number of hydrogen-bond donors (Lipinski definition) is 0. The predicted molar refractivity (Wildman–Crippen MR) is 63.8 cm³/mol. The van der Waals surface area contributed by atoms with Crippen molar-refractivity contribution in [1.29, 1.82) is 0 Å². The Hall–Kier alpha value is -0.680. The summed E-state index contributed by atoms with van der Waals surface area (Å²) in [5.74, 6) is 0.196. The first-order valence-electron chi connectivity index (χ1n) is 4.75. The van der Waals surface area contributed by atoms with Crippen LogP contribution in [0.3, 0.4) is 0 Å². The number of rotatable bonds is 4. The Labute approximate surface area is 106 Å². The lowest BCUT2D eigenvalue weighted by molar-refractivity contribution is -0.137. The summed E-state index contributed by atoms with van der Waals surface area (Å²) >= 11 is 7.18. The van der Waals surface area contributed by atoms with Gasteiger partial charge in [-0.05, 0) is 24.5 Å². The van der Waals surface area contributed by atoms with Crippen molar-refractivity contribution in [3.8, 4) is 0 Å². The third-order valence-corrected chi connectivity index (χ3v) is 3.07. The lowest BCUT2D eigenvalue weighted by atomic mass is 10.1. The largest absolute Gasteiger partial charge is 0.416 e. The molecule has 0 spiro atoms. The van der Waals surface area contributed by atoms with Crippen LogP contribution < -0.4 is 0 Å². The van der Waals surface area contributed by atoms with E-state index in [4.69, 9.17) is 11.6 Å². The minimum atomic E-state index is -4.46. The highest BCUT2D eigenvalue weighted by molar-refractivity contribution is 7.98. The zero-order valence-corrected chi connectivity index (χ0v) is 10.5. The highest BCUT2D eigenvalue weighted by Gasteiger charge is 2.31. The van der Waals surface area contributed by atoms with E-state index in [0.29, 0.717) is 5.75 Å². The standard InChI is InChI=1S/C11H10ClF3OS/c1-17-5-4-10(16)8-6-7(11(13,14)15)2-3-9(8)12/h2-3,6H,4-5H2,1H3. The van der Waals surface area contributed by atoms with Gasteiger partial charge >= 0.3 is 6.18 Å². The molecule has 0 aliphatic heterocycles. The maximum atomic E-state index is 12.5. The average molecular weight is 283 g/mol. The van der Waals surface area contributed by atoms with Crippen LogP contribution in [0.5, 0.6) is 0 Å². The topological polar surface area (TPSA) is 17.1 Å². The Morgan fingerprint density at radius 1 is 1.41 bits per heavy atom. The molecule has 17 heavy (non-hydrogen) atoms. The van der Waals surface area contributed by atoms with Gasteiger partial charge in [-0.3, -0.25) is 4.79 Å². The number of carbonyl (C=O) groups excluding carboxylic acids is 1. The molecule has 0 aliphatic carbocycles. The van der Waals surface area contributed by atoms with E-state index in [0.717, 1.165) is 18.2 Å². The molecule has 0 aromatic heterocycles. The first kappa shape index (κ1) is 14.4. The van der Waals surface area contributed by atoms with Crippen molar-refractivity contribution in [3.05, 3.63) is 34.3 Å². The zero-order valence-electron chi connectivity index (χ0n) is 8.97. The first-order valence-corrected chi connectivity index (χ1v) is 6.52. The average Bonchev–Trinajstić information content (AvgIpc) is 2.24. The van der Waals surface area contributed by atoms with Gasteiger partial charge in [-0.25, -0.2) is 0 Å². The number of benzene rings is 1. The predicted octanol–water partition coefficient (Wildman–Crippen LogP) is 4.29. The lowest BCUT2D eigenvalue weighted by Crippen LogP contribution is -2.08. The normalized spacial score (nSPS) is 11.6. The Morgan fingerprint density at radius 2 is 2.06 bits per heavy atom.